The predicted octanol–water partition coefficient (Wildman–Crippen LogP) is 2.45. The molecule has 2 fully saturated rings. The van der Waals surface area contributed by atoms with Crippen LogP contribution in [0.4, 0.5) is 0 Å². The molecule has 0 aromatic carbocycles. The summed E-state index contributed by atoms with van der Waals surface area (Å²) >= 11 is 0. The molecule has 0 radical (unpaired) electrons. The van der Waals surface area contributed by atoms with Crippen LogP contribution < -0.4 is 11.1 Å². The van der Waals surface area contributed by atoms with Gasteiger partial charge in [0.05, 0.1) is 0 Å². The molecule has 0 spiro atoms. The van der Waals surface area contributed by atoms with Crippen molar-refractivity contribution in [1.29, 1.82) is 0 Å². The van der Waals surface area contributed by atoms with Gasteiger partial charge in [-0.05, 0) is 56.9 Å². The molecule has 1 amide bonds. The highest BCUT2D eigenvalue weighted by atomic mass is 16.1. The van der Waals surface area contributed by atoms with E-state index < -0.39 is 0 Å². The number of rotatable bonds is 4. The van der Waals surface area contributed by atoms with Crippen LogP contribution in [0, 0.1) is 17.8 Å². The van der Waals surface area contributed by atoms with Gasteiger partial charge in [0.2, 0.25) is 5.91 Å². The molecule has 0 atom stereocenters. The van der Waals surface area contributed by atoms with E-state index in [0.717, 1.165) is 31.8 Å². The minimum Gasteiger partial charge on any atom is -0.356 e. The Balaban J connectivity index is 1.63. The predicted molar refractivity (Wildman–Crippen MR) is 74.1 cm³/mol. The molecule has 0 bridgehead atoms. The molecule has 0 unspecified atom stereocenters. The van der Waals surface area contributed by atoms with Crippen LogP contribution in [-0.2, 0) is 4.79 Å². The van der Waals surface area contributed by atoms with E-state index in [9.17, 15) is 4.79 Å². The van der Waals surface area contributed by atoms with Gasteiger partial charge in [0.1, 0.15) is 0 Å². The van der Waals surface area contributed by atoms with E-state index in [1.54, 1.807) is 0 Å². The summed E-state index contributed by atoms with van der Waals surface area (Å²) in [5.41, 5.74) is 5.70. The van der Waals surface area contributed by atoms with Crippen molar-refractivity contribution in [2.75, 3.05) is 13.1 Å². The first-order valence-corrected chi connectivity index (χ1v) is 7.77. The topological polar surface area (TPSA) is 55.1 Å². The second kappa shape index (κ2) is 7.13. The van der Waals surface area contributed by atoms with Crippen LogP contribution in [0.25, 0.3) is 0 Å². The zero-order chi connectivity index (χ0) is 12.8. The van der Waals surface area contributed by atoms with Crippen LogP contribution in [0.5, 0.6) is 0 Å². The van der Waals surface area contributed by atoms with Gasteiger partial charge in [-0.2, -0.15) is 0 Å². The Labute approximate surface area is 111 Å². The molecule has 2 rings (SSSR count). The van der Waals surface area contributed by atoms with Gasteiger partial charge in [0.25, 0.3) is 0 Å². The zero-order valence-electron chi connectivity index (χ0n) is 11.5. The number of hydrogen-bond donors (Lipinski definition) is 2. The average molecular weight is 252 g/mol. The summed E-state index contributed by atoms with van der Waals surface area (Å²) in [7, 11) is 0. The fourth-order valence-corrected chi connectivity index (χ4v) is 3.43. The first kappa shape index (κ1) is 13.9. The second-order valence-electron chi connectivity index (χ2n) is 6.20. The molecular formula is C15H28N2O. The standard InChI is InChI=1S/C15H28N2O/c16-10-12-6-8-13(9-7-12)11-17-15(18)14-4-2-1-3-5-14/h12-14H,1-11,16H2,(H,17,18). The smallest absolute Gasteiger partial charge is 0.223 e. The number of carbonyl (C=O) groups excluding carboxylic acids is 1. The lowest BCUT2D eigenvalue weighted by Gasteiger charge is -2.28. The Hall–Kier alpha value is -0.570. The van der Waals surface area contributed by atoms with Crippen LogP contribution in [0.2, 0.25) is 0 Å². The van der Waals surface area contributed by atoms with Crippen LogP contribution in [-0.4, -0.2) is 19.0 Å². The third-order valence-corrected chi connectivity index (χ3v) is 4.84. The van der Waals surface area contributed by atoms with Gasteiger partial charge in [-0.3, -0.25) is 4.79 Å². The van der Waals surface area contributed by atoms with Gasteiger partial charge in [0, 0.05) is 12.5 Å². The quantitative estimate of drug-likeness (QED) is 0.807. The zero-order valence-corrected chi connectivity index (χ0v) is 11.5. The first-order valence-electron chi connectivity index (χ1n) is 7.77. The second-order valence-corrected chi connectivity index (χ2v) is 6.20. The van der Waals surface area contributed by atoms with Gasteiger partial charge in [-0.25, -0.2) is 0 Å². The van der Waals surface area contributed by atoms with E-state index in [-0.39, 0.29) is 0 Å². The molecule has 0 saturated heterocycles. The third-order valence-electron chi connectivity index (χ3n) is 4.84. The molecule has 2 aliphatic carbocycles. The summed E-state index contributed by atoms with van der Waals surface area (Å²) in [6.07, 6.45) is 11.0. The van der Waals surface area contributed by atoms with Gasteiger partial charge >= 0.3 is 0 Å². The molecule has 0 aromatic heterocycles. The Bertz CT molecular complexity index is 253. The lowest BCUT2D eigenvalue weighted by molar-refractivity contribution is -0.126. The largest absolute Gasteiger partial charge is 0.356 e. The Morgan fingerprint density at radius 3 is 2.17 bits per heavy atom. The van der Waals surface area contributed by atoms with Crippen LogP contribution in [0.15, 0.2) is 0 Å². The Morgan fingerprint density at radius 1 is 0.944 bits per heavy atom. The Kier molecular flexibility index (Phi) is 5.48. The molecule has 3 nitrogen and oxygen atoms in total. The van der Waals surface area contributed by atoms with Crippen molar-refractivity contribution in [3.05, 3.63) is 0 Å². The molecule has 104 valence electrons. The fourth-order valence-electron chi connectivity index (χ4n) is 3.43. The molecule has 0 aliphatic heterocycles. The van der Waals surface area contributed by atoms with Gasteiger partial charge in [0.15, 0.2) is 0 Å². The summed E-state index contributed by atoms with van der Waals surface area (Å²) in [6.45, 7) is 1.73. The van der Waals surface area contributed by atoms with E-state index in [1.165, 1.54) is 44.9 Å². The fraction of sp³-hybridized carbons (Fsp3) is 0.933. The maximum absolute atomic E-state index is 12.0. The van der Waals surface area contributed by atoms with Crippen molar-refractivity contribution < 1.29 is 4.79 Å². The highest BCUT2D eigenvalue weighted by Crippen LogP contribution is 2.28. The van der Waals surface area contributed by atoms with E-state index in [2.05, 4.69) is 5.32 Å². The molecule has 3 heteroatoms. The number of amides is 1. The molecule has 18 heavy (non-hydrogen) atoms. The van der Waals surface area contributed by atoms with Crippen molar-refractivity contribution >= 4 is 5.91 Å². The SMILES string of the molecule is NCC1CCC(CNC(=O)C2CCCCC2)CC1. The summed E-state index contributed by atoms with van der Waals surface area (Å²) in [4.78, 5) is 12.0. The van der Waals surface area contributed by atoms with Gasteiger partial charge in [-0.1, -0.05) is 19.3 Å². The average Bonchev–Trinajstić information content (AvgIpc) is 2.46. The number of nitrogens with one attached hydrogen (secondary N) is 1. The minimum atomic E-state index is 0.305. The summed E-state index contributed by atoms with van der Waals surface area (Å²) < 4.78 is 0. The van der Waals surface area contributed by atoms with Crippen molar-refractivity contribution in [2.45, 2.75) is 57.8 Å². The van der Waals surface area contributed by atoms with E-state index in [0.29, 0.717) is 17.7 Å². The number of carbonyl (C=O) groups is 1. The van der Waals surface area contributed by atoms with Gasteiger partial charge in [-0.15, -0.1) is 0 Å². The third kappa shape index (κ3) is 3.98. The van der Waals surface area contributed by atoms with Crippen molar-refractivity contribution in [2.24, 2.45) is 23.5 Å². The first-order chi connectivity index (χ1) is 8.79. The van der Waals surface area contributed by atoms with Crippen molar-refractivity contribution in [1.82, 2.24) is 5.32 Å². The van der Waals surface area contributed by atoms with Crippen molar-refractivity contribution in [3.8, 4) is 0 Å². The molecule has 0 aromatic rings. The number of hydrogen-bond acceptors (Lipinski definition) is 2. The summed E-state index contributed by atoms with van der Waals surface area (Å²) in [6, 6.07) is 0. The van der Waals surface area contributed by atoms with Crippen LogP contribution in [0.3, 0.4) is 0 Å². The van der Waals surface area contributed by atoms with Crippen molar-refractivity contribution in [3.63, 3.8) is 0 Å². The molecular weight excluding hydrogens is 224 g/mol. The Morgan fingerprint density at radius 2 is 1.56 bits per heavy atom. The molecule has 2 aliphatic rings. The minimum absolute atomic E-state index is 0.305. The number of nitrogens with two attached hydrogens (primary N) is 1. The summed E-state index contributed by atoms with van der Waals surface area (Å²) in [5, 5.41) is 3.18. The summed E-state index contributed by atoms with van der Waals surface area (Å²) in [5.74, 6) is 2.05. The molecule has 2 saturated carbocycles. The highest BCUT2D eigenvalue weighted by Gasteiger charge is 2.23. The normalized spacial score (nSPS) is 30.1. The van der Waals surface area contributed by atoms with E-state index in [4.69, 9.17) is 5.73 Å². The highest BCUT2D eigenvalue weighted by molar-refractivity contribution is 5.78. The van der Waals surface area contributed by atoms with E-state index in [1.807, 2.05) is 0 Å². The lowest BCUT2D eigenvalue weighted by atomic mass is 9.82. The van der Waals surface area contributed by atoms with Gasteiger partial charge < -0.3 is 11.1 Å². The maximum Gasteiger partial charge on any atom is 0.223 e. The molecule has 3 N–H and O–H groups in total. The lowest BCUT2D eigenvalue weighted by Crippen LogP contribution is -2.36. The maximum atomic E-state index is 12.0. The van der Waals surface area contributed by atoms with E-state index >= 15 is 0 Å². The van der Waals surface area contributed by atoms with Crippen LogP contribution in [0.1, 0.15) is 57.8 Å². The van der Waals surface area contributed by atoms with Crippen LogP contribution >= 0.6 is 0 Å². The monoisotopic (exact) mass is 252 g/mol. The molecule has 0 heterocycles.